The molecule has 0 amide bonds. The number of anilines is 1. The van der Waals surface area contributed by atoms with Crippen LogP contribution in [0, 0.1) is 0 Å². The zero-order valence-electron chi connectivity index (χ0n) is 9.44. The highest BCUT2D eigenvalue weighted by atomic mass is 35.5. The Balaban J connectivity index is 2.54. The average Bonchev–Trinajstić information content (AvgIpc) is 2.28. The van der Waals surface area contributed by atoms with Crippen LogP contribution in [-0.4, -0.2) is 32.9 Å². The molecule has 5 nitrogen and oxygen atoms in total. The molecule has 0 spiro atoms. The molecule has 7 heteroatoms. The maximum absolute atomic E-state index is 11.9. The van der Waals surface area contributed by atoms with Crippen molar-refractivity contribution < 1.29 is 8.42 Å². The van der Waals surface area contributed by atoms with E-state index in [1.54, 1.807) is 24.1 Å². The Hall–Kier alpha value is -1.27. The summed E-state index contributed by atoms with van der Waals surface area (Å²) in [6.45, 7) is 2.57. The Morgan fingerprint density at radius 3 is 2.82 bits per heavy atom. The number of benzene rings is 1. The molecule has 0 atom stereocenters. The van der Waals surface area contributed by atoms with E-state index in [1.807, 2.05) is 6.92 Å². The van der Waals surface area contributed by atoms with Crippen LogP contribution in [0.5, 0.6) is 0 Å². The standard InChI is InChI=1S/C10H12ClN3O2S/c1-3-14(2)10-12-8-5-4-7(11)6-9(8)17(15,16)13-10/h4-6H,3H2,1-2H3,(H,12,13). The minimum Gasteiger partial charge on any atom is -0.345 e. The molecule has 0 saturated carbocycles. The molecule has 0 aliphatic carbocycles. The Kier molecular flexibility index (Phi) is 3.01. The van der Waals surface area contributed by atoms with Gasteiger partial charge in [-0.25, -0.2) is 0 Å². The lowest BCUT2D eigenvalue weighted by Gasteiger charge is -2.24. The van der Waals surface area contributed by atoms with Crippen molar-refractivity contribution in [3.05, 3.63) is 23.2 Å². The number of hydrogen-bond donors (Lipinski definition) is 1. The van der Waals surface area contributed by atoms with Crippen LogP contribution in [0.1, 0.15) is 6.92 Å². The molecule has 0 bridgehead atoms. The molecule has 1 aromatic carbocycles. The average molecular weight is 274 g/mol. The summed E-state index contributed by atoms with van der Waals surface area (Å²) in [5, 5.41) is 3.34. The minimum atomic E-state index is -3.67. The van der Waals surface area contributed by atoms with Gasteiger partial charge in [-0.15, -0.1) is 4.40 Å². The summed E-state index contributed by atoms with van der Waals surface area (Å²) in [7, 11) is -1.90. The van der Waals surface area contributed by atoms with E-state index in [4.69, 9.17) is 11.6 Å². The van der Waals surface area contributed by atoms with Crippen molar-refractivity contribution in [1.29, 1.82) is 0 Å². The SMILES string of the molecule is CCN(C)C1=NS(=O)(=O)c2cc(Cl)ccc2N1. The largest absolute Gasteiger partial charge is 0.345 e. The fourth-order valence-electron chi connectivity index (χ4n) is 1.43. The van der Waals surface area contributed by atoms with Crippen LogP contribution in [0.25, 0.3) is 0 Å². The molecule has 0 radical (unpaired) electrons. The van der Waals surface area contributed by atoms with Crippen molar-refractivity contribution in [3.63, 3.8) is 0 Å². The van der Waals surface area contributed by atoms with Crippen LogP contribution in [0.3, 0.4) is 0 Å². The second-order valence-electron chi connectivity index (χ2n) is 3.67. The molecule has 1 aromatic rings. The third-order valence-corrected chi connectivity index (χ3v) is 4.05. The zero-order chi connectivity index (χ0) is 12.6. The summed E-state index contributed by atoms with van der Waals surface area (Å²) in [5.41, 5.74) is 0.500. The van der Waals surface area contributed by atoms with Crippen molar-refractivity contribution in [2.45, 2.75) is 11.8 Å². The zero-order valence-corrected chi connectivity index (χ0v) is 11.0. The monoisotopic (exact) mass is 273 g/mol. The smallest absolute Gasteiger partial charge is 0.287 e. The lowest BCUT2D eigenvalue weighted by Crippen LogP contribution is -2.36. The fraction of sp³-hybridized carbons (Fsp3) is 0.300. The molecule has 0 aromatic heterocycles. The van der Waals surface area contributed by atoms with Gasteiger partial charge in [0.05, 0.1) is 5.69 Å². The molecule has 0 saturated heterocycles. The summed E-state index contributed by atoms with van der Waals surface area (Å²) in [6, 6.07) is 4.66. The van der Waals surface area contributed by atoms with Gasteiger partial charge in [0.2, 0.25) is 5.96 Å². The van der Waals surface area contributed by atoms with Gasteiger partial charge in [0.1, 0.15) is 4.90 Å². The number of hydrogen-bond acceptors (Lipinski definition) is 4. The number of sulfonamides is 1. The molecule has 1 heterocycles. The predicted molar refractivity (Wildman–Crippen MR) is 68.0 cm³/mol. The molecule has 92 valence electrons. The van der Waals surface area contributed by atoms with Crippen molar-refractivity contribution >= 4 is 33.3 Å². The van der Waals surface area contributed by atoms with Crippen molar-refractivity contribution in [2.75, 3.05) is 18.9 Å². The first-order valence-electron chi connectivity index (χ1n) is 5.06. The second-order valence-corrected chi connectivity index (χ2v) is 5.68. The quantitative estimate of drug-likeness (QED) is 0.847. The highest BCUT2D eigenvalue weighted by Gasteiger charge is 2.26. The maximum Gasteiger partial charge on any atom is 0.287 e. The van der Waals surface area contributed by atoms with Crippen molar-refractivity contribution in [1.82, 2.24) is 4.90 Å². The van der Waals surface area contributed by atoms with Crippen LogP contribution in [0.15, 0.2) is 27.5 Å². The van der Waals surface area contributed by atoms with Crippen LogP contribution < -0.4 is 5.32 Å². The first-order chi connectivity index (χ1) is 7.94. The molecule has 0 unspecified atom stereocenters. The highest BCUT2D eigenvalue weighted by Crippen LogP contribution is 2.29. The van der Waals surface area contributed by atoms with E-state index < -0.39 is 10.0 Å². The van der Waals surface area contributed by atoms with Crippen LogP contribution in [-0.2, 0) is 10.0 Å². The third kappa shape index (κ3) is 2.23. The van der Waals surface area contributed by atoms with Gasteiger partial charge >= 0.3 is 0 Å². The van der Waals surface area contributed by atoms with Gasteiger partial charge in [0.15, 0.2) is 0 Å². The van der Waals surface area contributed by atoms with Crippen LogP contribution in [0.4, 0.5) is 5.69 Å². The summed E-state index contributed by atoms with van der Waals surface area (Å²) in [6.07, 6.45) is 0. The van der Waals surface area contributed by atoms with Crippen LogP contribution in [0.2, 0.25) is 5.02 Å². The second kappa shape index (κ2) is 4.19. The third-order valence-electron chi connectivity index (χ3n) is 2.51. The minimum absolute atomic E-state index is 0.109. The fourth-order valence-corrected chi connectivity index (χ4v) is 2.85. The molecule has 17 heavy (non-hydrogen) atoms. The molecule has 0 fully saturated rings. The summed E-state index contributed by atoms with van der Waals surface area (Å²) in [5.74, 6) is 0.322. The lowest BCUT2D eigenvalue weighted by molar-refractivity contribution is 0.531. The van der Waals surface area contributed by atoms with Gasteiger partial charge in [-0.05, 0) is 25.1 Å². The van der Waals surface area contributed by atoms with E-state index in [0.717, 1.165) is 0 Å². The first-order valence-corrected chi connectivity index (χ1v) is 6.88. The Bertz CT molecular complexity index is 583. The van der Waals surface area contributed by atoms with E-state index in [2.05, 4.69) is 9.71 Å². The normalized spacial score (nSPS) is 16.8. The molecular weight excluding hydrogens is 262 g/mol. The van der Waals surface area contributed by atoms with Crippen LogP contribution >= 0.6 is 11.6 Å². The van der Waals surface area contributed by atoms with Gasteiger partial charge < -0.3 is 10.2 Å². The number of nitrogens with zero attached hydrogens (tertiary/aromatic N) is 2. The Morgan fingerprint density at radius 2 is 2.18 bits per heavy atom. The van der Waals surface area contributed by atoms with E-state index in [9.17, 15) is 8.42 Å². The topological polar surface area (TPSA) is 61.8 Å². The van der Waals surface area contributed by atoms with E-state index >= 15 is 0 Å². The Morgan fingerprint density at radius 1 is 1.47 bits per heavy atom. The van der Waals surface area contributed by atoms with Gasteiger partial charge in [-0.2, -0.15) is 8.42 Å². The summed E-state index contributed by atoms with van der Waals surface area (Å²) in [4.78, 5) is 1.83. The highest BCUT2D eigenvalue weighted by molar-refractivity contribution is 7.90. The predicted octanol–water partition coefficient (Wildman–Crippen LogP) is 1.76. The van der Waals surface area contributed by atoms with Crippen molar-refractivity contribution in [3.8, 4) is 0 Å². The lowest BCUT2D eigenvalue weighted by atomic mass is 10.3. The molecule has 2 rings (SSSR count). The molecular formula is C10H12ClN3O2S. The summed E-state index contributed by atoms with van der Waals surface area (Å²) < 4.78 is 27.6. The molecule has 1 aliphatic heterocycles. The number of halogens is 1. The van der Waals surface area contributed by atoms with Gasteiger partial charge in [0.25, 0.3) is 10.0 Å². The first kappa shape index (κ1) is 12.2. The van der Waals surface area contributed by atoms with Gasteiger partial charge in [0, 0.05) is 18.6 Å². The van der Waals surface area contributed by atoms with E-state index in [-0.39, 0.29) is 4.90 Å². The molecule has 1 aliphatic rings. The van der Waals surface area contributed by atoms with E-state index in [1.165, 1.54) is 6.07 Å². The Labute approximate surface area is 105 Å². The summed E-state index contributed by atoms with van der Waals surface area (Å²) >= 11 is 5.78. The number of guanidine groups is 1. The molecule has 1 N–H and O–H groups in total. The van der Waals surface area contributed by atoms with Crippen molar-refractivity contribution in [2.24, 2.45) is 4.40 Å². The number of nitrogens with one attached hydrogen (secondary N) is 1. The van der Waals surface area contributed by atoms with E-state index in [0.29, 0.717) is 23.2 Å². The maximum atomic E-state index is 11.9. The number of fused-ring (bicyclic) bond motifs is 1. The van der Waals surface area contributed by atoms with Gasteiger partial charge in [-0.1, -0.05) is 11.6 Å². The van der Waals surface area contributed by atoms with Gasteiger partial charge in [-0.3, -0.25) is 0 Å². The number of rotatable bonds is 1.